The van der Waals surface area contributed by atoms with E-state index in [2.05, 4.69) is 5.10 Å². The molecule has 19 heavy (non-hydrogen) atoms. The molecule has 0 atom stereocenters. The molecule has 4 nitrogen and oxygen atoms in total. The number of nitriles is 1. The van der Waals surface area contributed by atoms with Crippen LogP contribution in [0.3, 0.4) is 0 Å². The predicted octanol–water partition coefficient (Wildman–Crippen LogP) is 2.61. The third-order valence-electron chi connectivity index (χ3n) is 2.43. The zero-order valence-corrected chi connectivity index (χ0v) is 10.9. The van der Waals surface area contributed by atoms with E-state index < -0.39 is 11.4 Å². The Balaban J connectivity index is 2.40. The van der Waals surface area contributed by atoms with Gasteiger partial charge >= 0.3 is 0 Å². The van der Waals surface area contributed by atoms with Gasteiger partial charge in [-0.3, -0.25) is 4.79 Å². The molecule has 96 valence electrons. The van der Waals surface area contributed by atoms with Gasteiger partial charge in [0, 0.05) is 0 Å². The van der Waals surface area contributed by atoms with Gasteiger partial charge in [0.15, 0.2) is 0 Å². The van der Waals surface area contributed by atoms with Crippen molar-refractivity contribution >= 4 is 23.2 Å². The molecule has 0 fully saturated rings. The topological polar surface area (TPSA) is 58.7 Å². The Bertz CT molecular complexity index is 737. The molecular formula is C12H6Cl2FN3O. The van der Waals surface area contributed by atoms with Crippen molar-refractivity contribution in [1.29, 1.82) is 5.26 Å². The summed E-state index contributed by atoms with van der Waals surface area (Å²) < 4.78 is 14.2. The average molecular weight is 298 g/mol. The van der Waals surface area contributed by atoms with Crippen molar-refractivity contribution in [3.8, 4) is 6.07 Å². The number of rotatable bonds is 2. The van der Waals surface area contributed by atoms with Gasteiger partial charge in [0.2, 0.25) is 0 Å². The molecular weight excluding hydrogens is 292 g/mol. The standard InChI is InChI=1S/C12H6Cl2FN3O/c13-9-5-17-18(12(19)11(9)14)6-7-1-2-10(15)8(3-7)4-16/h1-3,5H,6H2. The quantitative estimate of drug-likeness (QED) is 0.856. The Kier molecular flexibility index (Phi) is 3.84. The van der Waals surface area contributed by atoms with E-state index in [1.54, 1.807) is 6.07 Å². The van der Waals surface area contributed by atoms with Gasteiger partial charge in [0.05, 0.1) is 23.3 Å². The monoisotopic (exact) mass is 297 g/mol. The predicted molar refractivity (Wildman–Crippen MR) is 68.7 cm³/mol. The second kappa shape index (κ2) is 5.39. The lowest BCUT2D eigenvalue weighted by Gasteiger charge is -2.06. The molecule has 1 aromatic heterocycles. The largest absolute Gasteiger partial charge is 0.287 e. The second-order valence-electron chi connectivity index (χ2n) is 3.70. The molecule has 0 unspecified atom stereocenters. The second-order valence-corrected chi connectivity index (χ2v) is 4.48. The smallest absolute Gasteiger partial charge is 0.266 e. The molecule has 7 heteroatoms. The summed E-state index contributed by atoms with van der Waals surface area (Å²) in [4.78, 5) is 11.8. The van der Waals surface area contributed by atoms with Crippen molar-refractivity contribution in [2.75, 3.05) is 0 Å². The first-order valence-corrected chi connectivity index (χ1v) is 5.88. The van der Waals surface area contributed by atoms with Gasteiger partial charge in [0.25, 0.3) is 5.56 Å². The summed E-state index contributed by atoms with van der Waals surface area (Å²) in [5.41, 5.74) is -0.0754. The molecule has 0 aliphatic heterocycles. The van der Waals surface area contributed by atoms with Gasteiger partial charge in [-0.1, -0.05) is 29.3 Å². The van der Waals surface area contributed by atoms with Crippen LogP contribution in [0.15, 0.2) is 29.2 Å². The summed E-state index contributed by atoms with van der Waals surface area (Å²) in [5, 5.41) is 12.5. The fraction of sp³-hybridized carbons (Fsp3) is 0.0833. The highest BCUT2D eigenvalue weighted by Gasteiger charge is 2.09. The van der Waals surface area contributed by atoms with Crippen LogP contribution in [-0.4, -0.2) is 9.78 Å². The van der Waals surface area contributed by atoms with Crippen LogP contribution in [0.4, 0.5) is 4.39 Å². The maximum atomic E-state index is 13.2. The molecule has 0 N–H and O–H groups in total. The summed E-state index contributed by atoms with van der Waals surface area (Å²) in [7, 11) is 0. The van der Waals surface area contributed by atoms with Crippen molar-refractivity contribution < 1.29 is 4.39 Å². The molecule has 0 amide bonds. The maximum absolute atomic E-state index is 13.2. The minimum Gasteiger partial charge on any atom is -0.266 e. The van der Waals surface area contributed by atoms with Crippen molar-refractivity contribution in [1.82, 2.24) is 9.78 Å². The Morgan fingerprint density at radius 3 is 2.84 bits per heavy atom. The first kappa shape index (κ1) is 13.5. The van der Waals surface area contributed by atoms with Crippen LogP contribution in [0, 0.1) is 17.1 Å². The highest BCUT2D eigenvalue weighted by atomic mass is 35.5. The van der Waals surface area contributed by atoms with E-state index in [0.717, 1.165) is 10.7 Å². The first-order valence-electron chi connectivity index (χ1n) is 5.12. The Morgan fingerprint density at radius 2 is 2.16 bits per heavy atom. The zero-order valence-electron chi connectivity index (χ0n) is 9.40. The number of nitrogens with zero attached hydrogens (tertiary/aromatic N) is 3. The van der Waals surface area contributed by atoms with Gasteiger partial charge in [-0.25, -0.2) is 9.07 Å². The van der Waals surface area contributed by atoms with E-state index in [1.807, 2.05) is 0 Å². The normalized spacial score (nSPS) is 10.2. The fourth-order valence-electron chi connectivity index (χ4n) is 1.49. The molecule has 0 radical (unpaired) electrons. The minimum atomic E-state index is -0.610. The third kappa shape index (κ3) is 2.75. The molecule has 0 saturated carbocycles. The highest BCUT2D eigenvalue weighted by Crippen LogP contribution is 2.15. The number of halogens is 3. The summed E-state index contributed by atoms with van der Waals surface area (Å²) in [6, 6.07) is 5.71. The van der Waals surface area contributed by atoms with Crippen LogP contribution in [0.2, 0.25) is 10.0 Å². The van der Waals surface area contributed by atoms with E-state index in [9.17, 15) is 9.18 Å². The van der Waals surface area contributed by atoms with Gasteiger partial charge in [0.1, 0.15) is 16.9 Å². The van der Waals surface area contributed by atoms with Gasteiger partial charge in [-0.05, 0) is 17.7 Å². The molecule has 0 aliphatic rings. The Hall–Kier alpha value is -1.90. The Morgan fingerprint density at radius 1 is 1.42 bits per heavy atom. The zero-order chi connectivity index (χ0) is 14.0. The van der Waals surface area contributed by atoms with Gasteiger partial charge in [-0.2, -0.15) is 10.4 Å². The van der Waals surface area contributed by atoms with Crippen molar-refractivity contribution in [2.24, 2.45) is 0 Å². The van der Waals surface area contributed by atoms with E-state index in [-0.39, 0.29) is 22.2 Å². The van der Waals surface area contributed by atoms with Crippen molar-refractivity contribution in [3.63, 3.8) is 0 Å². The third-order valence-corrected chi connectivity index (χ3v) is 3.17. The van der Waals surface area contributed by atoms with Crippen LogP contribution >= 0.6 is 23.2 Å². The summed E-state index contributed by atoms with van der Waals surface area (Å²) in [6.07, 6.45) is 1.25. The summed E-state index contributed by atoms with van der Waals surface area (Å²) in [6.45, 7) is 0.0741. The van der Waals surface area contributed by atoms with E-state index in [1.165, 1.54) is 18.3 Å². The number of benzene rings is 1. The molecule has 0 bridgehead atoms. The summed E-state index contributed by atoms with van der Waals surface area (Å²) >= 11 is 11.4. The van der Waals surface area contributed by atoms with E-state index in [0.29, 0.717) is 5.56 Å². The van der Waals surface area contributed by atoms with Crippen LogP contribution in [0.25, 0.3) is 0 Å². The first-order chi connectivity index (χ1) is 9.02. The van der Waals surface area contributed by atoms with Gasteiger partial charge < -0.3 is 0 Å². The molecule has 0 aliphatic carbocycles. The van der Waals surface area contributed by atoms with Crippen LogP contribution in [0.5, 0.6) is 0 Å². The highest BCUT2D eigenvalue weighted by molar-refractivity contribution is 6.41. The lowest BCUT2D eigenvalue weighted by atomic mass is 10.1. The van der Waals surface area contributed by atoms with E-state index in [4.69, 9.17) is 28.5 Å². The maximum Gasteiger partial charge on any atom is 0.287 e. The lowest BCUT2D eigenvalue weighted by molar-refractivity contribution is 0.615. The fourth-order valence-corrected chi connectivity index (χ4v) is 1.76. The lowest BCUT2D eigenvalue weighted by Crippen LogP contribution is -2.23. The molecule has 1 heterocycles. The molecule has 2 aromatic rings. The number of hydrogen-bond acceptors (Lipinski definition) is 3. The van der Waals surface area contributed by atoms with Crippen LogP contribution < -0.4 is 5.56 Å². The molecule has 2 rings (SSSR count). The molecule has 1 aromatic carbocycles. The van der Waals surface area contributed by atoms with Crippen LogP contribution in [-0.2, 0) is 6.54 Å². The van der Waals surface area contributed by atoms with E-state index >= 15 is 0 Å². The van der Waals surface area contributed by atoms with Gasteiger partial charge in [-0.15, -0.1) is 0 Å². The van der Waals surface area contributed by atoms with Crippen molar-refractivity contribution in [2.45, 2.75) is 6.54 Å². The summed E-state index contributed by atoms with van der Waals surface area (Å²) in [5.74, 6) is -0.610. The molecule has 0 spiro atoms. The van der Waals surface area contributed by atoms with Crippen LogP contribution in [0.1, 0.15) is 11.1 Å². The number of aromatic nitrogens is 2. The SMILES string of the molecule is N#Cc1cc(Cn2ncc(Cl)c(Cl)c2=O)ccc1F. The average Bonchev–Trinajstić information content (AvgIpc) is 2.41. The van der Waals surface area contributed by atoms with Crippen molar-refractivity contribution in [3.05, 3.63) is 61.7 Å². The Labute approximate surface area is 117 Å². The minimum absolute atomic E-state index is 0.0692. The molecule has 0 saturated heterocycles. The number of hydrogen-bond donors (Lipinski definition) is 0.